The van der Waals surface area contributed by atoms with Gasteiger partial charge in [0.1, 0.15) is 0 Å². The first-order valence-corrected chi connectivity index (χ1v) is 6.50. The molecule has 0 atom stereocenters. The van der Waals surface area contributed by atoms with Crippen LogP contribution in [0.1, 0.15) is 27.2 Å². The van der Waals surface area contributed by atoms with E-state index in [0.29, 0.717) is 32.0 Å². The van der Waals surface area contributed by atoms with Crippen LogP contribution in [0.4, 0.5) is 0 Å². The van der Waals surface area contributed by atoms with Crippen LogP contribution in [-0.2, 0) is 9.59 Å². The number of amides is 2. The van der Waals surface area contributed by atoms with Crippen molar-refractivity contribution in [2.24, 2.45) is 5.92 Å². The summed E-state index contributed by atoms with van der Waals surface area (Å²) in [6.45, 7) is 8.32. The minimum atomic E-state index is 0.0137. The predicted molar refractivity (Wildman–Crippen MR) is 73.3 cm³/mol. The highest BCUT2D eigenvalue weighted by molar-refractivity contribution is 5.77. The zero-order valence-electron chi connectivity index (χ0n) is 12.3. The van der Waals surface area contributed by atoms with Gasteiger partial charge in [0, 0.05) is 39.5 Å². The van der Waals surface area contributed by atoms with Crippen LogP contribution in [-0.4, -0.2) is 61.9 Å². The van der Waals surface area contributed by atoms with E-state index in [4.69, 9.17) is 0 Å². The quantitative estimate of drug-likeness (QED) is 0.691. The van der Waals surface area contributed by atoms with Gasteiger partial charge in [0.25, 0.3) is 0 Å². The van der Waals surface area contributed by atoms with Crippen molar-refractivity contribution in [2.75, 3.05) is 40.3 Å². The fourth-order valence-electron chi connectivity index (χ4n) is 1.39. The monoisotopic (exact) mass is 257 g/mol. The molecule has 0 aliphatic carbocycles. The van der Waals surface area contributed by atoms with E-state index in [1.807, 2.05) is 19.0 Å². The fraction of sp³-hybridized carbons (Fsp3) is 0.846. The first-order valence-electron chi connectivity index (χ1n) is 6.50. The van der Waals surface area contributed by atoms with Gasteiger partial charge in [0.2, 0.25) is 11.8 Å². The molecule has 5 heteroatoms. The van der Waals surface area contributed by atoms with Gasteiger partial charge in [0.15, 0.2) is 0 Å². The predicted octanol–water partition coefficient (Wildman–Crippen LogP) is 0.559. The topological polar surface area (TPSA) is 52.7 Å². The molecule has 0 aromatic heterocycles. The summed E-state index contributed by atoms with van der Waals surface area (Å²) < 4.78 is 0. The third-order valence-electron chi connectivity index (χ3n) is 2.58. The number of carbonyl (C=O) groups is 2. The zero-order valence-corrected chi connectivity index (χ0v) is 12.3. The van der Waals surface area contributed by atoms with E-state index in [1.165, 1.54) is 0 Å². The Labute approximate surface area is 111 Å². The van der Waals surface area contributed by atoms with Gasteiger partial charge < -0.3 is 15.1 Å². The molecule has 0 aliphatic rings. The Morgan fingerprint density at radius 1 is 1.11 bits per heavy atom. The molecule has 1 N–H and O–H groups in total. The van der Waals surface area contributed by atoms with E-state index in [-0.39, 0.29) is 11.8 Å². The summed E-state index contributed by atoms with van der Waals surface area (Å²) in [5.74, 6) is 0.486. The molecule has 0 heterocycles. The molecule has 2 amide bonds. The maximum Gasteiger partial charge on any atom is 0.221 e. The number of likely N-dealkylation sites (N-methyl/N-ethyl adjacent to an activating group) is 1. The van der Waals surface area contributed by atoms with Crippen LogP contribution < -0.4 is 5.32 Å². The lowest BCUT2D eigenvalue weighted by Gasteiger charge is -2.22. The van der Waals surface area contributed by atoms with Gasteiger partial charge in [-0.25, -0.2) is 0 Å². The maximum absolute atomic E-state index is 11.6. The van der Waals surface area contributed by atoms with Crippen molar-refractivity contribution in [1.82, 2.24) is 15.1 Å². The lowest BCUT2D eigenvalue weighted by atomic mass is 10.2. The molecule has 0 radical (unpaired) electrons. The molecule has 0 aliphatic heterocycles. The lowest BCUT2D eigenvalue weighted by Crippen LogP contribution is -2.38. The summed E-state index contributed by atoms with van der Waals surface area (Å²) in [7, 11) is 3.93. The lowest BCUT2D eigenvalue weighted by molar-refractivity contribution is -0.129. The molecule has 0 rings (SSSR count). The molecule has 0 spiro atoms. The summed E-state index contributed by atoms with van der Waals surface area (Å²) in [4.78, 5) is 26.7. The van der Waals surface area contributed by atoms with Gasteiger partial charge in [-0.3, -0.25) is 9.59 Å². The Hall–Kier alpha value is -1.10. The van der Waals surface area contributed by atoms with Gasteiger partial charge >= 0.3 is 0 Å². The average Bonchev–Trinajstić information content (AvgIpc) is 2.25. The van der Waals surface area contributed by atoms with Gasteiger partial charge in [-0.1, -0.05) is 13.8 Å². The minimum absolute atomic E-state index is 0.0137. The van der Waals surface area contributed by atoms with Crippen LogP contribution in [0.25, 0.3) is 0 Å². The van der Waals surface area contributed by atoms with Gasteiger partial charge in [0.05, 0.1) is 0 Å². The highest BCUT2D eigenvalue weighted by Gasteiger charge is 2.11. The highest BCUT2D eigenvalue weighted by atomic mass is 16.2. The van der Waals surface area contributed by atoms with Crippen LogP contribution in [0, 0.1) is 5.92 Å². The molecule has 106 valence electrons. The molecule has 0 aromatic rings. The Morgan fingerprint density at radius 2 is 1.72 bits per heavy atom. The second kappa shape index (κ2) is 8.91. The number of nitrogens with one attached hydrogen (secondary N) is 1. The van der Waals surface area contributed by atoms with E-state index in [9.17, 15) is 9.59 Å². The van der Waals surface area contributed by atoms with Crippen molar-refractivity contribution in [3.8, 4) is 0 Å². The molecule has 0 bridgehead atoms. The van der Waals surface area contributed by atoms with Crippen LogP contribution >= 0.6 is 0 Å². The third kappa shape index (κ3) is 8.98. The van der Waals surface area contributed by atoms with Crippen molar-refractivity contribution in [3.63, 3.8) is 0 Å². The Kier molecular flexibility index (Phi) is 8.37. The zero-order chi connectivity index (χ0) is 14.1. The van der Waals surface area contributed by atoms with Crippen molar-refractivity contribution >= 4 is 11.8 Å². The van der Waals surface area contributed by atoms with Crippen LogP contribution in [0.3, 0.4) is 0 Å². The molecule has 0 fully saturated rings. The van der Waals surface area contributed by atoms with E-state index in [0.717, 1.165) is 6.54 Å². The summed E-state index contributed by atoms with van der Waals surface area (Å²) >= 11 is 0. The van der Waals surface area contributed by atoms with E-state index >= 15 is 0 Å². The summed E-state index contributed by atoms with van der Waals surface area (Å²) in [5.41, 5.74) is 0. The van der Waals surface area contributed by atoms with E-state index in [1.54, 1.807) is 11.8 Å². The summed E-state index contributed by atoms with van der Waals surface area (Å²) in [5, 5.41) is 2.85. The SMILES string of the molecule is CC(=O)N(CCC(=O)NCC(C)C)CCN(C)C. The van der Waals surface area contributed by atoms with Crippen molar-refractivity contribution in [1.29, 1.82) is 0 Å². The summed E-state index contributed by atoms with van der Waals surface area (Å²) in [6, 6.07) is 0. The molecule has 0 unspecified atom stereocenters. The van der Waals surface area contributed by atoms with E-state index < -0.39 is 0 Å². The molecule has 0 saturated carbocycles. The largest absolute Gasteiger partial charge is 0.356 e. The molecule has 18 heavy (non-hydrogen) atoms. The second-order valence-corrected chi connectivity index (χ2v) is 5.26. The molecular formula is C13H27N3O2. The Morgan fingerprint density at radius 3 is 2.17 bits per heavy atom. The smallest absolute Gasteiger partial charge is 0.221 e. The third-order valence-corrected chi connectivity index (χ3v) is 2.58. The number of carbonyl (C=O) groups excluding carboxylic acids is 2. The van der Waals surface area contributed by atoms with Crippen LogP contribution in [0.15, 0.2) is 0 Å². The van der Waals surface area contributed by atoms with Crippen molar-refractivity contribution < 1.29 is 9.59 Å². The fourth-order valence-corrected chi connectivity index (χ4v) is 1.39. The highest BCUT2D eigenvalue weighted by Crippen LogP contribution is 1.95. The molecular weight excluding hydrogens is 230 g/mol. The second-order valence-electron chi connectivity index (χ2n) is 5.26. The van der Waals surface area contributed by atoms with Gasteiger partial charge in [-0.15, -0.1) is 0 Å². The van der Waals surface area contributed by atoms with Gasteiger partial charge in [-0.2, -0.15) is 0 Å². The van der Waals surface area contributed by atoms with Crippen LogP contribution in [0.5, 0.6) is 0 Å². The first kappa shape index (κ1) is 16.9. The molecule has 0 saturated heterocycles. The number of nitrogens with zero attached hydrogens (tertiary/aromatic N) is 2. The molecule has 0 aromatic carbocycles. The maximum atomic E-state index is 11.6. The number of hydrogen-bond acceptors (Lipinski definition) is 3. The molecule has 5 nitrogen and oxygen atoms in total. The van der Waals surface area contributed by atoms with Crippen molar-refractivity contribution in [2.45, 2.75) is 27.2 Å². The first-order chi connectivity index (χ1) is 8.32. The minimum Gasteiger partial charge on any atom is -0.356 e. The number of hydrogen-bond donors (Lipinski definition) is 1. The standard InChI is InChI=1S/C13H27N3O2/c1-11(2)10-14-13(18)6-7-16(12(3)17)9-8-15(4)5/h11H,6-10H2,1-5H3,(H,14,18). The van der Waals surface area contributed by atoms with E-state index in [2.05, 4.69) is 19.2 Å². The van der Waals surface area contributed by atoms with Crippen LogP contribution in [0.2, 0.25) is 0 Å². The number of rotatable bonds is 8. The average molecular weight is 257 g/mol. The van der Waals surface area contributed by atoms with Crippen molar-refractivity contribution in [3.05, 3.63) is 0 Å². The Bertz CT molecular complexity index is 265. The Balaban J connectivity index is 3.96. The normalized spacial score (nSPS) is 10.8. The summed E-state index contributed by atoms with van der Waals surface area (Å²) in [6.07, 6.45) is 0.375. The van der Waals surface area contributed by atoms with Gasteiger partial charge in [-0.05, 0) is 20.0 Å².